The van der Waals surface area contributed by atoms with Gasteiger partial charge in [-0.1, -0.05) is 23.4 Å². The van der Waals surface area contributed by atoms with Gasteiger partial charge in [-0.15, -0.1) is 16.4 Å². The van der Waals surface area contributed by atoms with Gasteiger partial charge in [0.1, 0.15) is 11.4 Å². The lowest BCUT2D eigenvalue weighted by atomic mass is 10.1. The van der Waals surface area contributed by atoms with Crippen molar-refractivity contribution in [3.63, 3.8) is 0 Å². The van der Waals surface area contributed by atoms with Crippen LogP contribution in [-0.2, 0) is 6.54 Å². The molecule has 22 heavy (non-hydrogen) atoms. The Bertz CT molecular complexity index is 942. The molecular weight excluding hydrogens is 294 g/mol. The summed E-state index contributed by atoms with van der Waals surface area (Å²) in [6.45, 7) is 0.678. The fourth-order valence-electron chi connectivity index (χ4n) is 2.47. The van der Waals surface area contributed by atoms with E-state index in [1.807, 2.05) is 16.9 Å². The SMILES string of the molecule is Oc1cccc(-c2cn(Cc3ccc4sccc4c3)nn2)c1. The van der Waals surface area contributed by atoms with Crippen LogP contribution in [0, 0.1) is 0 Å². The van der Waals surface area contributed by atoms with Crippen LogP contribution in [0.2, 0.25) is 0 Å². The quantitative estimate of drug-likeness (QED) is 0.624. The molecule has 4 nitrogen and oxygen atoms in total. The van der Waals surface area contributed by atoms with Crippen molar-refractivity contribution in [3.8, 4) is 17.0 Å². The first-order valence-electron chi connectivity index (χ1n) is 6.94. The van der Waals surface area contributed by atoms with E-state index in [0.29, 0.717) is 6.54 Å². The van der Waals surface area contributed by atoms with E-state index in [1.54, 1.807) is 29.5 Å². The van der Waals surface area contributed by atoms with E-state index in [2.05, 4.69) is 40.0 Å². The first-order chi connectivity index (χ1) is 10.8. The maximum absolute atomic E-state index is 9.54. The normalized spacial score (nSPS) is 11.1. The van der Waals surface area contributed by atoms with E-state index >= 15 is 0 Å². The summed E-state index contributed by atoms with van der Waals surface area (Å²) in [4.78, 5) is 0. The van der Waals surface area contributed by atoms with E-state index in [9.17, 15) is 5.11 Å². The van der Waals surface area contributed by atoms with Gasteiger partial charge in [-0.25, -0.2) is 4.68 Å². The van der Waals surface area contributed by atoms with E-state index < -0.39 is 0 Å². The second-order valence-corrected chi connectivity index (χ2v) is 6.09. The van der Waals surface area contributed by atoms with Gasteiger partial charge in [0.2, 0.25) is 0 Å². The zero-order valence-electron chi connectivity index (χ0n) is 11.7. The molecule has 108 valence electrons. The largest absolute Gasteiger partial charge is 0.508 e. The Labute approximate surface area is 131 Å². The lowest BCUT2D eigenvalue weighted by Crippen LogP contribution is -1.99. The summed E-state index contributed by atoms with van der Waals surface area (Å²) < 4.78 is 3.11. The van der Waals surface area contributed by atoms with Crippen LogP contribution in [0.1, 0.15) is 5.56 Å². The molecule has 4 rings (SSSR count). The molecule has 0 aliphatic heterocycles. The smallest absolute Gasteiger partial charge is 0.116 e. The molecule has 2 heterocycles. The molecule has 5 heteroatoms. The fraction of sp³-hybridized carbons (Fsp3) is 0.0588. The average molecular weight is 307 g/mol. The highest BCUT2D eigenvalue weighted by Crippen LogP contribution is 2.23. The number of rotatable bonds is 3. The summed E-state index contributed by atoms with van der Waals surface area (Å²) in [6.07, 6.45) is 1.90. The number of phenols is 1. The number of aromatic hydroxyl groups is 1. The molecule has 0 saturated carbocycles. The third-order valence-electron chi connectivity index (χ3n) is 3.54. The number of hydrogen-bond donors (Lipinski definition) is 1. The summed E-state index contributed by atoms with van der Waals surface area (Å²) in [5.41, 5.74) is 2.81. The Morgan fingerprint density at radius 2 is 2.05 bits per heavy atom. The van der Waals surface area contributed by atoms with E-state index in [4.69, 9.17) is 0 Å². The van der Waals surface area contributed by atoms with Crippen molar-refractivity contribution in [2.24, 2.45) is 0 Å². The van der Waals surface area contributed by atoms with Gasteiger partial charge >= 0.3 is 0 Å². The van der Waals surface area contributed by atoms with Crippen LogP contribution in [0.25, 0.3) is 21.3 Å². The van der Waals surface area contributed by atoms with Crippen molar-refractivity contribution >= 4 is 21.4 Å². The predicted octanol–water partition coefficient (Wildman–Crippen LogP) is 3.91. The van der Waals surface area contributed by atoms with Gasteiger partial charge in [0.15, 0.2) is 0 Å². The molecule has 0 fully saturated rings. The third-order valence-corrected chi connectivity index (χ3v) is 4.44. The maximum Gasteiger partial charge on any atom is 0.116 e. The molecule has 1 N–H and O–H groups in total. The highest BCUT2D eigenvalue weighted by atomic mass is 32.1. The van der Waals surface area contributed by atoms with Gasteiger partial charge in [-0.2, -0.15) is 0 Å². The van der Waals surface area contributed by atoms with Crippen LogP contribution < -0.4 is 0 Å². The maximum atomic E-state index is 9.54. The van der Waals surface area contributed by atoms with Crippen molar-refractivity contribution in [1.29, 1.82) is 0 Å². The molecule has 0 bridgehead atoms. The average Bonchev–Trinajstić information content (AvgIpc) is 3.16. The predicted molar refractivity (Wildman–Crippen MR) is 88.0 cm³/mol. The highest BCUT2D eigenvalue weighted by Gasteiger charge is 2.06. The van der Waals surface area contributed by atoms with E-state index in [1.165, 1.54) is 15.6 Å². The van der Waals surface area contributed by atoms with Crippen LogP contribution >= 0.6 is 11.3 Å². The molecule has 0 aliphatic carbocycles. The lowest BCUT2D eigenvalue weighted by Gasteiger charge is -2.01. The Morgan fingerprint density at radius 3 is 2.95 bits per heavy atom. The van der Waals surface area contributed by atoms with Gasteiger partial charge < -0.3 is 5.11 Å². The van der Waals surface area contributed by atoms with Gasteiger partial charge in [-0.3, -0.25) is 0 Å². The summed E-state index contributed by atoms with van der Waals surface area (Å²) in [5, 5.41) is 21.3. The number of phenolic OH excluding ortho intramolecular Hbond substituents is 1. The number of benzene rings is 2. The van der Waals surface area contributed by atoms with E-state index in [-0.39, 0.29) is 5.75 Å². The summed E-state index contributed by atoms with van der Waals surface area (Å²) >= 11 is 1.75. The summed E-state index contributed by atoms with van der Waals surface area (Å²) in [5.74, 6) is 0.231. The summed E-state index contributed by atoms with van der Waals surface area (Å²) in [7, 11) is 0. The zero-order valence-corrected chi connectivity index (χ0v) is 12.5. The minimum absolute atomic E-state index is 0.231. The fourth-order valence-corrected chi connectivity index (χ4v) is 3.25. The van der Waals surface area contributed by atoms with Crippen molar-refractivity contribution < 1.29 is 5.11 Å². The van der Waals surface area contributed by atoms with Crippen molar-refractivity contribution in [1.82, 2.24) is 15.0 Å². The molecule has 0 saturated heterocycles. The Kier molecular flexibility index (Phi) is 3.12. The van der Waals surface area contributed by atoms with Crippen LogP contribution in [0.15, 0.2) is 60.1 Å². The zero-order chi connectivity index (χ0) is 14.9. The molecular formula is C17H13N3OS. The Morgan fingerprint density at radius 1 is 1.09 bits per heavy atom. The molecule has 2 aromatic carbocycles. The van der Waals surface area contributed by atoms with Crippen LogP contribution in [0.3, 0.4) is 0 Å². The van der Waals surface area contributed by atoms with Gasteiger partial charge in [0.05, 0.1) is 12.7 Å². The molecule has 0 radical (unpaired) electrons. The highest BCUT2D eigenvalue weighted by molar-refractivity contribution is 7.17. The minimum atomic E-state index is 0.231. The molecule has 4 aromatic rings. The molecule has 0 spiro atoms. The number of fused-ring (bicyclic) bond motifs is 1. The molecule has 2 aromatic heterocycles. The Hall–Kier alpha value is -2.66. The van der Waals surface area contributed by atoms with Crippen LogP contribution in [0.5, 0.6) is 5.75 Å². The molecule has 0 unspecified atom stereocenters. The molecule has 0 aliphatic rings. The molecule has 0 atom stereocenters. The van der Waals surface area contributed by atoms with Crippen molar-refractivity contribution in [2.45, 2.75) is 6.54 Å². The first-order valence-corrected chi connectivity index (χ1v) is 7.81. The first kappa shape index (κ1) is 13.0. The van der Waals surface area contributed by atoms with Crippen LogP contribution in [-0.4, -0.2) is 20.1 Å². The number of thiophene rings is 1. The van der Waals surface area contributed by atoms with Crippen LogP contribution in [0.4, 0.5) is 0 Å². The molecule has 0 amide bonds. The number of nitrogens with zero attached hydrogens (tertiary/aromatic N) is 3. The number of hydrogen-bond acceptors (Lipinski definition) is 4. The standard InChI is InChI=1S/C17H13N3OS/c21-15-3-1-2-13(9-15)16-11-20(19-18-16)10-12-4-5-17-14(8-12)6-7-22-17/h1-9,11,21H,10H2. The van der Waals surface area contributed by atoms with Gasteiger partial charge in [-0.05, 0) is 46.7 Å². The van der Waals surface area contributed by atoms with Gasteiger partial charge in [0.25, 0.3) is 0 Å². The second kappa shape index (κ2) is 5.27. The topological polar surface area (TPSA) is 50.9 Å². The van der Waals surface area contributed by atoms with Crippen molar-refractivity contribution in [3.05, 3.63) is 65.7 Å². The van der Waals surface area contributed by atoms with E-state index in [0.717, 1.165) is 11.3 Å². The third kappa shape index (κ3) is 2.46. The second-order valence-electron chi connectivity index (χ2n) is 5.14. The monoisotopic (exact) mass is 307 g/mol. The number of aromatic nitrogens is 3. The minimum Gasteiger partial charge on any atom is -0.508 e. The van der Waals surface area contributed by atoms with Crippen molar-refractivity contribution in [2.75, 3.05) is 0 Å². The Balaban J connectivity index is 1.61. The lowest BCUT2D eigenvalue weighted by molar-refractivity contribution is 0.475. The van der Waals surface area contributed by atoms with Gasteiger partial charge in [0, 0.05) is 10.3 Å². The summed E-state index contributed by atoms with van der Waals surface area (Å²) in [6, 6.07) is 15.6.